The number of fused-ring (bicyclic) bond motifs is 1. The number of hydrogen-bond acceptors (Lipinski definition) is 5. The fourth-order valence-corrected chi connectivity index (χ4v) is 3.97. The van der Waals surface area contributed by atoms with Crippen molar-refractivity contribution < 1.29 is 9.21 Å². The van der Waals surface area contributed by atoms with E-state index in [1.807, 2.05) is 85.1 Å². The Bertz CT molecular complexity index is 1310. The van der Waals surface area contributed by atoms with E-state index in [9.17, 15) is 4.79 Å². The molecule has 0 unspecified atom stereocenters. The van der Waals surface area contributed by atoms with E-state index in [2.05, 4.69) is 15.2 Å². The van der Waals surface area contributed by atoms with Crippen molar-refractivity contribution in [3.8, 4) is 22.6 Å². The summed E-state index contributed by atoms with van der Waals surface area (Å²) in [6.45, 7) is 0. The highest BCUT2D eigenvalue weighted by Gasteiger charge is 2.15. The molecule has 0 fully saturated rings. The molecule has 0 aliphatic rings. The van der Waals surface area contributed by atoms with Crippen LogP contribution in [0.2, 0.25) is 0 Å². The maximum absolute atomic E-state index is 12.6. The molecule has 1 N–H and O–H groups in total. The van der Waals surface area contributed by atoms with Crippen LogP contribution in [-0.2, 0) is 0 Å². The number of H-pyrrole nitrogens is 1. The van der Waals surface area contributed by atoms with E-state index in [0.717, 1.165) is 27.6 Å². The first kappa shape index (κ1) is 18.4. The van der Waals surface area contributed by atoms with E-state index in [-0.39, 0.29) is 11.5 Å². The van der Waals surface area contributed by atoms with Crippen LogP contribution in [-0.4, -0.2) is 26.7 Å². The number of carbonyl (C=O) groups excluding carboxylic acids is 1. The monoisotopic (exact) mass is 411 g/mol. The molecule has 0 radical (unpaired) electrons. The SMILES string of the molecule is O=C(CSc1nnc(-c2c[nH]c3ccccc23)o1)c1ccc(-c2ccccc2)cc1. The Hall–Kier alpha value is -3.64. The molecule has 0 bridgehead atoms. The first-order valence-electron chi connectivity index (χ1n) is 9.49. The maximum atomic E-state index is 12.6. The molecule has 5 rings (SSSR count). The van der Waals surface area contributed by atoms with Gasteiger partial charge in [-0.15, -0.1) is 10.2 Å². The van der Waals surface area contributed by atoms with Gasteiger partial charge in [-0.2, -0.15) is 0 Å². The second kappa shape index (κ2) is 8.00. The Balaban J connectivity index is 1.26. The highest BCUT2D eigenvalue weighted by Crippen LogP contribution is 2.29. The van der Waals surface area contributed by atoms with Gasteiger partial charge in [-0.05, 0) is 17.2 Å². The van der Waals surface area contributed by atoms with E-state index in [4.69, 9.17) is 4.42 Å². The third kappa shape index (κ3) is 3.65. The van der Waals surface area contributed by atoms with Crippen molar-refractivity contribution in [1.29, 1.82) is 0 Å². The normalized spacial score (nSPS) is 11.1. The Morgan fingerprint density at radius 3 is 2.43 bits per heavy atom. The smallest absolute Gasteiger partial charge is 0.277 e. The number of ketones is 1. The van der Waals surface area contributed by atoms with Gasteiger partial charge in [-0.3, -0.25) is 4.79 Å². The van der Waals surface area contributed by atoms with Gasteiger partial charge in [-0.1, -0.05) is 84.6 Å². The molecule has 6 heteroatoms. The highest BCUT2D eigenvalue weighted by atomic mass is 32.2. The van der Waals surface area contributed by atoms with E-state index in [0.29, 0.717) is 16.7 Å². The Morgan fingerprint density at radius 2 is 1.60 bits per heavy atom. The van der Waals surface area contributed by atoms with Crippen LogP contribution in [0.5, 0.6) is 0 Å². The van der Waals surface area contributed by atoms with Crippen molar-refractivity contribution in [2.75, 3.05) is 5.75 Å². The molecule has 30 heavy (non-hydrogen) atoms. The van der Waals surface area contributed by atoms with Gasteiger partial charge in [0.25, 0.3) is 11.1 Å². The number of rotatable bonds is 6. The summed E-state index contributed by atoms with van der Waals surface area (Å²) in [6, 6.07) is 25.7. The molecule has 5 nitrogen and oxygen atoms in total. The van der Waals surface area contributed by atoms with Gasteiger partial charge in [0.05, 0.1) is 11.3 Å². The molecule has 0 amide bonds. The van der Waals surface area contributed by atoms with Crippen LogP contribution in [0, 0.1) is 0 Å². The van der Waals surface area contributed by atoms with Crippen molar-refractivity contribution in [3.05, 3.63) is 90.6 Å². The van der Waals surface area contributed by atoms with Gasteiger partial charge in [0.1, 0.15) is 0 Å². The Labute approximate surface area is 177 Å². The van der Waals surface area contributed by atoms with Crippen molar-refractivity contribution in [1.82, 2.24) is 15.2 Å². The van der Waals surface area contributed by atoms with Crippen molar-refractivity contribution >= 4 is 28.4 Å². The van der Waals surface area contributed by atoms with Gasteiger partial charge in [0.15, 0.2) is 5.78 Å². The maximum Gasteiger partial charge on any atom is 0.277 e. The lowest BCUT2D eigenvalue weighted by Gasteiger charge is -2.03. The number of aromatic nitrogens is 3. The summed E-state index contributed by atoms with van der Waals surface area (Å²) in [5.41, 5.74) is 4.74. The standard InChI is InChI=1S/C24H17N3O2S/c28-22(18-12-10-17(11-13-18)16-6-2-1-3-7-16)15-30-24-27-26-23(29-24)20-14-25-21-9-5-4-8-19(20)21/h1-14,25H,15H2. The fourth-order valence-electron chi connectivity index (χ4n) is 3.32. The van der Waals surface area contributed by atoms with Gasteiger partial charge in [-0.25, -0.2) is 0 Å². The molecule has 0 saturated carbocycles. The summed E-state index contributed by atoms with van der Waals surface area (Å²) in [5, 5.41) is 9.61. The molecule has 0 saturated heterocycles. The summed E-state index contributed by atoms with van der Waals surface area (Å²) in [7, 11) is 0. The van der Waals surface area contributed by atoms with Crippen LogP contribution in [0.3, 0.4) is 0 Å². The van der Waals surface area contributed by atoms with Gasteiger partial charge < -0.3 is 9.40 Å². The molecular weight excluding hydrogens is 394 g/mol. The van der Waals surface area contributed by atoms with Crippen molar-refractivity contribution in [2.24, 2.45) is 0 Å². The van der Waals surface area contributed by atoms with Crippen molar-refractivity contribution in [2.45, 2.75) is 5.22 Å². The minimum absolute atomic E-state index is 0.0199. The molecule has 5 aromatic rings. The molecule has 0 aliphatic heterocycles. The van der Waals surface area contributed by atoms with Crippen molar-refractivity contribution in [3.63, 3.8) is 0 Å². The Morgan fingerprint density at radius 1 is 0.867 bits per heavy atom. The molecule has 0 aliphatic carbocycles. The predicted molar refractivity (Wildman–Crippen MR) is 119 cm³/mol. The number of para-hydroxylation sites is 1. The number of nitrogens with zero attached hydrogens (tertiary/aromatic N) is 2. The number of thioether (sulfide) groups is 1. The van der Waals surface area contributed by atoms with Gasteiger partial charge >= 0.3 is 0 Å². The molecular formula is C24H17N3O2S. The number of Topliss-reactive ketones (excluding diaryl/α,β-unsaturated/α-hetero) is 1. The largest absolute Gasteiger partial charge is 0.411 e. The summed E-state index contributed by atoms with van der Waals surface area (Å²) < 4.78 is 5.77. The van der Waals surface area contributed by atoms with Gasteiger partial charge in [0, 0.05) is 22.7 Å². The second-order valence-corrected chi connectivity index (χ2v) is 7.70. The lowest BCUT2D eigenvalue weighted by Crippen LogP contribution is -2.02. The zero-order valence-electron chi connectivity index (χ0n) is 15.9. The molecule has 3 aromatic carbocycles. The van der Waals surface area contributed by atoms with Crippen LogP contribution in [0.25, 0.3) is 33.5 Å². The topological polar surface area (TPSA) is 71.8 Å². The number of aromatic amines is 1. The van der Waals surface area contributed by atoms with Crippen LogP contribution >= 0.6 is 11.8 Å². The first-order valence-corrected chi connectivity index (χ1v) is 10.5. The van der Waals surface area contributed by atoms with Crippen LogP contribution < -0.4 is 0 Å². The van der Waals surface area contributed by atoms with Crippen LogP contribution in [0.4, 0.5) is 0 Å². The zero-order chi connectivity index (χ0) is 20.3. The third-order valence-corrected chi connectivity index (χ3v) is 5.69. The van der Waals surface area contributed by atoms with E-state index in [1.54, 1.807) is 0 Å². The zero-order valence-corrected chi connectivity index (χ0v) is 16.7. The van der Waals surface area contributed by atoms with Crippen LogP contribution in [0.15, 0.2) is 94.7 Å². The number of benzene rings is 3. The summed E-state index contributed by atoms with van der Waals surface area (Å²) in [6.07, 6.45) is 1.85. The molecule has 2 aromatic heterocycles. The minimum atomic E-state index is 0.0199. The summed E-state index contributed by atoms with van der Waals surface area (Å²) >= 11 is 1.25. The van der Waals surface area contributed by atoms with E-state index < -0.39 is 0 Å². The second-order valence-electron chi connectivity index (χ2n) is 6.78. The highest BCUT2D eigenvalue weighted by molar-refractivity contribution is 7.99. The molecule has 0 atom stereocenters. The fraction of sp³-hybridized carbons (Fsp3) is 0.0417. The number of hydrogen-bond donors (Lipinski definition) is 1. The summed E-state index contributed by atoms with van der Waals surface area (Å²) in [5.74, 6) is 0.696. The average Bonchev–Trinajstić information content (AvgIpc) is 3.45. The van der Waals surface area contributed by atoms with Gasteiger partial charge in [0.2, 0.25) is 0 Å². The summed E-state index contributed by atoms with van der Waals surface area (Å²) in [4.78, 5) is 15.8. The van der Waals surface area contributed by atoms with E-state index >= 15 is 0 Å². The molecule has 0 spiro atoms. The van der Waals surface area contributed by atoms with Crippen LogP contribution in [0.1, 0.15) is 10.4 Å². The lowest BCUT2D eigenvalue weighted by molar-refractivity contribution is 0.102. The number of nitrogens with one attached hydrogen (secondary N) is 1. The molecule has 2 heterocycles. The third-order valence-electron chi connectivity index (χ3n) is 4.87. The predicted octanol–water partition coefficient (Wildman–Crippen LogP) is 5.86. The Kier molecular flexibility index (Phi) is 4.91. The number of carbonyl (C=O) groups is 1. The van der Waals surface area contributed by atoms with E-state index in [1.165, 1.54) is 11.8 Å². The minimum Gasteiger partial charge on any atom is -0.411 e. The molecule has 146 valence electrons. The average molecular weight is 411 g/mol. The first-order chi connectivity index (χ1) is 14.8. The lowest BCUT2D eigenvalue weighted by atomic mass is 10.0. The quantitative estimate of drug-likeness (QED) is 0.280.